The van der Waals surface area contributed by atoms with Crippen LogP contribution in [0.25, 0.3) is 93.6 Å². The van der Waals surface area contributed by atoms with Crippen LogP contribution in [0.3, 0.4) is 0 Å². The molecule has 11 aromatic rings. The SMILES string of the molecule is Cc1cc(-c2cccc(-n3c4ccccc4c4c5c(c6ccccc6n5-c5ccccc5)c5c(c6ccccc6n5-c5ccccc5)c43)c2)cc(C(F)(F)F)c1. The third-order valence-corrected chi connectivity index (χ3v) is 11.2. The first-order chi connectivity index (χ1) is 27.4. The molecule has 268 valence electrons. The fourth-order valence-corrected chi connectivity index (χ4v) is 9.05. The fraction of sp³-hybridized carbons (Fsp3) is 0.0400. The van der Waals surface area contributed by atoms with E-state index in [9.17, 15) is 13.2 Å². The molecule has 0 spiro atoms. The number of hydrogen-bond donors (Lipinski definition) is 0. The number of rotatable bonds is 4. The van der Waals surface area contributed by atoms with Gasteiger partial charge in [0.15, 0.2) is 0 Å². The first-order valence-electron chi connectivity index (χ1n) is 18.7. The summed E-state index contributed by atoms with van der Waals surface area (Å²) in [5.74, 6) is 0. The average Bonchev–Trinajstić information content (AvgIpc) is 3.87. The number of benzene rings is 8. The number of nitrogens with zero attached hydrogens (tertiary/aromatic N) is 3. The van der Waals surface area contributed by atoms with Crippen molar-refractivity contribution in [2.45, 2.75) is 13.1 Å². The molecule has 0 aliphatic heterocycles. The van der Waals surface area contributed by atoms with E-state index >= 15 is 0 Å². The lowest BCUT2D eigenvalue weighted by atomic mass is 9.99. The van der Waals surface area contributed by atoms with Crippen LogP contribution in [0.5, 0.6) is 0 Å². The molecular formula is C50H32F3N3. The predicted octanol–water partition coefficient (Wildman–Crippen LogP) is 14.0. The molecule has 3 aromatic heterocycles. The van der Waals surface area contributed by atoms with Gasteiger partial charge in [-0.1, -0.05) is 109 Å². The standard InChI is InChI=1S/C50H32F3N3/c1-31-27-33(29-34(28-31)50(51,52)53)32-15-14-20-37(30-32)56-43-26-13-10-23-40(43)46-48-44(38-21-8-11-24-41(38)54(48)35-16-4-2-5-17-35)47-45(49(46)56)39-22-9-12-25-42(39)55(47)36-18-6-3-7-19-36/h2-30H,1H3. The average molecular weight is 732 g/mol. The number of hydrogen-bond acceptors (Lipinski definition) is 0. The van der Waals surface area contributed by atoms with Gasteiger partial charge in [0.05, 0.1) is 38.7 Å². The molecule has 11 rings (SSSR count). The van der Waals surface area contributed by atoms with Crippen molar-refractivity contribution >= 4 is 65.4 Å². The highest BCUT2D eigenvalue weighted by Gasteiger charge is 2.32. The third-order valence-electron chi connectivity index (χ3n) is 11.2. The van der Waals surface area contributed by atoms with Crippen molar-refractivity contribution < 1.29 is 13.2 Å². The Morgan fingerprint density at radius 3 is 1.25 bits per heavy atom. The Balaban J connectivity index is 1.40. The number of aryl methyl sites for hydroxylation is 1. The van der Waals surface area contributed by atoms with E-state index < -0.39 is 11.7 Å². The van der Waals surface area contributed by atoms with Gasteiger partial charge in [0.25, 0.3) is 0 Å². The summed E-state index contributed by atoms with van der Waals surface area (Å²) in [7, 11) is 0. The van der Waals surface area contributed by atoms with E-state index in [-0.39, 0.29) is 0 Å². The van der Waals surface area contributed by atoms with Crippen molar-refractivity contribution in [3.8, 4) is 28.2 Å². The Morgan fingerprint density at radius 1 is 0.375 bits per heavy atom. The molecule has 0 N–H and O–H groups in total. The van der Waals surface area contributed by atoms with Crippen molar-refractivity contribution in [3.63, 3.8) is 0 Å². The van der Waals surface area contributed by atoms with E-state index in [4.69, 9.17) is 0 Å². The van der Waals surface area contributed by atoms with Gasteiger partial charge in [-0.25, -0.2) is 0 Å². The predicted molar refractivity (Wildman–Crippen MR) is 225 cm³/mol. The Morgan fingerprint density at radius 2 is 0.786 bits per heavy atom. The monoisotopic (exact) mass is 731 g/mol. The van der Waals surface area contributed by atoms with Gasteiger partial charge in [-0.05, 0) is 90.3 Å². The first kappa shape index (κ1) is 32.4. The van der Waals surface area contributed by atoms with Gasteiger partial charge in [0.2, 0.25) is 0 Å². The van der Waals surface area contributed by atoms with Crippen molar-refractivity contribution in [2.24, 2.45) is 0 Å². The smallest absolute Gasteiger partial charge is 0.308 e. The van der Waals surface area contributed by atoms with Gasteiger partial charge < -0.3 is 13.7 Å². The molecule has 0 unspecified atom stereocenters. The van der Waals surface area contributed by atoms with E-state index in [1.165, 1.54) is 12.1 Å². The quantitative estimate of drug-likeness (QED) is 0.171. The molecular weight excluding hydrogens is 700 g/mol. The minimum atomic E-state index is -4.45. The largest absolute Gasteiger partial charge is 0.416 e. The zero-order valence-corrected chi connectivity index (χ0v) is 30.2. The zero-order valence-electron chi connectivity index (χ0n) is 30.2. The molecule has 0 aliphatic rings. The first-order valence-corrected chi connectivity index (χ1v) is 18.7. The zero-order chi connectivity index (χ0) is 37.7. The topological polar surface area (TPSA) is 14.8 Å². The van der Waals surface area contributed by atoms with Crippen LogP contribution in [0.15, 0.2) is 176 Å². The van der Waals surface area contributed by atoms with Gasteiger partial charge in [0.1, 0.15) is 0 Å². The minimum Gasteiger partial charge on any atom is -0.308 e. The summed E-state index contributed by atoms with van der Waals surface area (Å²) in [4.78, 5) is 0. The summed E-state index contributed by atoms with van der Waals surface area (Å²) in [5.41, 5.74) is 10.6. The van der Waals surface area contributed by atoms with Gasteiger partial charge in [-0.2, -0.15) is 13.2 Å². The Hall–Kier alpha value is -7.05. The number of para-hydroxylation sites is 5. The molecule has 8 aromatic carbocycles. The van der Waals surface area contributed by atoms with Crippen LogP contribution in [-0.2, 0) is 6.18 Å². The Bertz CT molecular complexity index is 3280. The van der Waals surface area contributed by atoms with Crippen LogP contribution in [-0.4, -0.2) is 13.7 Å². The molecule has 0 bridgehead atoms. The summed E-state index contributed by atoms with van der Waals surface area (Å²) < 4.78 is 49.3. The molecule has 56 heavy (non-hydrogen) atoms. The number of aromatic nitrogens is 3. The third kappa shape index (κ3) is 4.65. The van der Waals surface area contributed by atoms with E-state index in [1.807, 2.05) is 36.4 Å². The number of halogens is 3. The summed E-state index contributed by atoms with van der Waals surface area (Å²) >= 11 is 0. The second-order valence-electron chi connectivity index (χ2n) is 14.5. The second kappa shape index (κ2) is 12.0. The lowest BCUT2D eigenvalue weighted by Gasteiger charge is -2.15. The maximum atomic E-state index is 14.1. The molecule has 0 saturated carbocycles. The lowest BCUT2D eigenvalue weighted by Crippen LogP contribution is -2.05. The Labute approximate surface area is 319 Å². The molecule has 0 atom stereocenters. The van der Waals surface area contributed by atoms with Crippen LogP contribution in [0.1, 0.15) is 11.1 Å². The van der Waals surface area contributed by atoms with Crippen molar-refractivity contribution in [1.82, 2.24) is 13.7 Å². The molecule has 3 nitrogen and oxygen atoms in total. The molecule has 3 heterocycles. The van der Waals surface area contributed by atoms with Crippen LogP contribution in [0, 0.1) is 6.92 Å². The highest BCUT2D eigenvalue weighted by molar-refractivity contribution is 6.40. The molecule has 0 fully saturated rings. The molecule has 0 radical (unpaired) electrons. The Kier molecular flexibility index (Phi) is 6.93. The highest BCUT2D eigenvalue weighted by Crippen LogP contribution is 2.50. The lowest BCUT2D eigenvalue weighted by molar-refractivity contribution is -0.137. The number of alkyl halides is 3. The summed E-state index contributed by atoms with van der Waals surface area (Å²) in [6.45, 7) is 1.71. The van der Waals surface area contributed by atoms with Gasteiger partial charge in [0, 0.05) is 49.4 Å². The van der Waals surface area contributed by atoms with Crippen LogP contribution in [0.2, 0.25) is 0 Å². The molecule has 0 saturated heterocycles. The van der Waals surface area contributed by atoms with Crippen molar-refractivity contribution in [3.05, 3.63) is 187 Å². The van der Waals surface area contributed by atoms with E-state index in [2.05, 4.69) is 141 Å². The van der Waals surface area contributed by atoms with Gasteiger partial charge in [-0.3, -0.25) is 0 Å². The number of fused-ring (bicyclic) bond motifs is 12. The van der Waals surface area contributed by atoms with Crippen LogP contribution >= 0.6 is 0 Å². The van der Waals surface area contributed by atoms with Crippen molar-refractivity contribution in [1.29, 1.82) is 0 Å². The molecule has 0 aliphatic carbocycles. The van der Waals surface area contributed by atoms with Gasteiger partial charge >= 0.3 is 6.18 Å². The minimum absolute atomic E-state index is 0.525. The maximum Gasteiger partial charge on any atom is 0.416 e. The van der Waals surface area contributed by atoms with E-state index in [0.717, 1.165) is 82.5 Å². The summed E-state index contributed by atoms with van der Waals surface area (Å²) in [5, 5.41) is 6.73. The maximum absolute atomic E-state index is 14.1. The second-order valence-corrected chi connectivity index (χ2v) is 14.5. The fourth-order valence-electron chi connectivity index (χ4n) is 9.05. The van der Waals surface area contributed by atoms with Crippen LogP contribution in [0.4, 0.5) is 13.2 Å². The molecule has 6 heteroatoms. The van der Waals surface area contributed by atoms with Crippen LogP contribution < -0.4 is 0 Å². The normalized spacial score (nSPS) is 12.3. The highest BCUT2D eigenvalue weighted by atomic mass is 19.4. The summed E-state index contributed by atoms with van der Waals surface area (Å²) in [6.07, 6.45) is -4.45. The van der Waals surface area contributed by atoms with Gasteiger partial charge in [-0.15, -0.1) is 0 Å². The van der Waals surface area contributed by atoms with Crippen molar-refractivity contribution in [2.75, 3.05) is 0 Å². The molecule has 0 amide bonds. The van der Waals surface area contributed by atoms with E-state index in [0.29, 0.717) is 16.7 Å². The van der Waals surface area contributed by atoms with E-state index in [1.54, 1.807) is 6.92 Å². The summed E-state index contributed by atoms with van der Waals surface area (Å²) in [6, 6.07) is 59.0.